The van der Waals surface area contributed by atoms with Crippen LogP contribution >= 0.6 is 0 Å². The Morgan fingerprint density at radius 3 is 2.69 bits per heavy atom. The summed E-state index contributed by atoms with van der Waals surface area (Å²) in [5, 5.41) is 0. The third kappa shape index (κ3) is 3.36. The molecule has 1 fully saturated rings. The fourth-order valence-electron chi connectivity index (χ4n) is 1.61. The summed E-state index contributed by atoms with van der Waals surface area (Å²) < 4.78 is 5.27. The molecule has 0 aromatic rings. The highest BCUT2D eigenvalue weighted by Gasteiger charge is 2.31. The van der Waals surface area contributed by atoms with Gasteiger partial charge in [0.2, 0.25) is 0 Å². The van der Waals surface area contributed by atoms with E-state index >= 15 is 0 Å². The lowest BCUT2D eigenvalue weighted by Gasteiger charge is -2.34. The van der Waals surface area contributed by atoms with Crippen molar-refractivity contribution in [2.24, 2.45) is 0 Å². The Hall–Kier alpha value is -1.32. The van der Waals surface area contributed by atoms with Gasteiger partial charge in [-0.3, -0.25) is 4.79 Å². The molecule has 0 unspecified atom stereocenters. The fraction of sp³-hybridized carbons (Fsp3) is 0.667. The van der Waals surface area contributed by atoms with Crippen molar-refractivity contribution < 1.29 is 14.3 Å². The summed E-state index contributed by atoms with van der Waals surface area (Å²) in [5.74, 6) is 0.171. The third-order valence-electron chi connectivity index (χ3n) is 2.37. The van der Waals surface area contributed by atoms with E-state index in [1.807, 2.05) is 20.8 Å². The standard InChI is InChI=1S/C12H19NO3/c1-5-9-8-10(14)6-7-13(9)11(15)16-12(2,3)4/h5,9H,1,6-8H2,2-4H3/t9-/m0/s1. The second-order valence-corrected chi connectivity index (χ2v) is 4.97. The van der Waals surface area contributed by atoms with Crippen molar-refractivity contribution in [3.63, 3.8) is 0 Å². The van der Waals surface area contributed by atoms with Crippen LogP contribution in [0, 0.1) is 0 Å². The van der Waals surface area contributed by atoms with Gasteiger partial charge in [0, 0.05) is 19.4 Å². The van der Waals surface area contributed by atoms with Gasteiger partial charge in [-0.05, 0) is 20.8 Å². The average Bonchev–Trinajstić information content (AvgIpc) is 2.14. The zero-order valence-electron chi connectivity index (χ0n) is 10.2. The molecule has 0 radical (unpaired) electrons. The first-order valence-electron chi connectivity index (χ1n) is 5.47. The smallest absolute Gasteiger partial charge is 0.410 e. The van der Waals surface area contributed by atoms with Gasteiger partial charge in [-0.15, -0.1) is 6.58 Å². The Morgan fingerprint density at radius 2 is 2.19 bits per heavy atom. The summed E-state index contributed by atoms with van der Waals surface area (Å²) in [6.07, 6.45) is 2.01. The molecule has 0 saturated carbocycles. The Morgan fingerprint density at radius 1 is 1.56 bits per heavy atom. The van der Waals surface area contributed by atoms with Gasteiger partial charge in [-0.25, -0.2) is 4.79 Å². The number of likely N-dealkylation sites (tertiary alicyclic amines) is 1. The van der Waals surface area contributed by atoms with Gasteiger partial charge in [0.25, 0.3) is 0 Å². The van der Waals surface area contributed by atoms with E-state index in [0.29, 0.717) is 19.4 Å². The van der Waals surface area contributed by atoms with Crippen molar-refractivity contribution in [3.05, 3.63) is 12.7 Å². The van der Waals surface area contributed by atoms with Gasteiger partial charge < -0.3 is 9.64 Å². The van der Waals surface area contributed by atoms with E-state index in [0.717, 1.165) is 0 Å². The molecule has 0 aliphatic carbocycles. The van der Waals surface area contributed by atoms with E-state index in [2.05, 4.69) is 6.58 Å². The number of ether oxygens (including phenoxy) is 1. The number of hydrogen-bond donors (Lipinski definition) is 0. The van der Waals surface area contributed by atoms with E-state index < -0.39 is 5.60 Å². The SMILES string of the molecule is C=C[C@H]1CC(=O)CCN1C(=O)OC(C)(C)C. The summed E-state index contributed by atoms with van der Waals surface area (Å²) in [7, 11) is 0. The van der Waals surface area contributed by atoms with Gasteiger partial charge in [0.15, 0.2) is 0 Å². The number of nitrogens with zero attached hydrogens (tertiary/aromatic N) is 1. The zero-order chi connectivity index (χ0) is 12.3. The summed E-state index contributed by atoms with van der Waals surface area (Å²) in [6.45, 7) is 9.53. The average molecular weight is 225 g/mol. The monoisotopic (exact) mass is 225 g/mol. The van der Waals surface area contributed by atoms with E-state index in [1.165, 1.54) is 0 Å². The molecule has 1 heterocycles. The highest BCUT2D eigenvalue weighted by molar-refractivity contribution is 5.82. The summed E-state index contributed by atoms with van der Waals surface area (Å²) >= 11 is 0. The molecule has 4 heteroatoms. The number of amides is 1. The largest absolute Gasteiger partial charge is 0.444 e. The Labute approximate surface area is 96.3 Å². The van der Waals surface area contributed by atoms with Crippen molar-refractivity contribution in [1.82, 2.24) is 4.90 Å². The minimum absolute atomic E-state index is 0.171. The molecule has 0 bridgehead atoms. The van der Waals surface area contributed by atoms with Crippen LogP contribution in [-0.4, -0.2) is 35.0 Å². The molecule has 16 heavy (non-hydrogen) atoms. The maximum absolute atomic E-state index is 11.8. The highest BCUT2D eigenvalue weighted by atomic mass is 16.6. The fourth-order valence-corrected chi connectivity index (χ4v) is 1.61. The van der Waals surface area contributed by atoms with Crippen LogP contribution in [-0.2, 0) is 9.53 Å². The van der Waals surface area contributed by atoms with Gasteiger partial charge in [-0.2, -0.15) is 0 Å². The molecule has 90 valence electrons. The highest BCUT2D eigenvalue weighted by Crippen LogP contribution is 2.19. The van der Waals surface area contributed by atoms with Crippen molar-refractivity contribution in [2.45, 2.75) is 45.3 Å². The number of Topliss-reactive ketones (excluding diaryl/α,β-unsaturated/α-hetero) is 1. The van der Waals surface area contributed by atoms with E-state index in [9.17, 15) is 9.59 Å². The summed E-state index contributed by atoms with van der Waals surface area (Å²) in [5.41, 5.74) is -0.510. The lowest BCUT2D eigenvalue weighted by molar-refractivity contribution is -0.122. The van der Waals surface area contributed by atoms with E-state index in [1.54, 1.807) is 11.0 Å². The second kappa shape index (κ2) is 4.68. The minimum Gasteiger partial charge on any atom is -0.444 e. The molecular weight excluding hydrogens is 206 g/mol. The van der Waals surface area contributed by atoms with Crippen LogP contribution in [0.4, 0.5) is 4.79 Å². The van der Waals surface area contributed by atoms with Crippen molar-refractivity contribution >= 4 is 11.9 Å². The molecule has 0 spiro atoms. The van der Waals surface area contributed by atoms with Crippen LogP contribution in [0.2, 0.25) is 0 Å². The Balaban J connectivity index is 2.67. The molecular formula is C12H19NO3. The van der Waals surface area contributed by atoms with Gasteiger partial charge in [-0.1, -0.05) is 6.08 Å². The Bertz CT molecular complexity index is 304. The molecule has 1 atom stereocenters. The quantitative estimate of drug-likeness (QED) is 0.642. The molecule has 1 saturated heterocycles. The van der Waals surface area contributed by atoms with Gasteiger partial charge in [0.1, 0.15) is 11.4 Å². The van der Waals surface area contributed by atoms with Crippen molar-refractivity contribution in [2.75, 3.05) is 6.54 Å². The first kappa shape index (κ1) is 12.7. The minimum atomic E-state index is -0.510. The predicted molar refractivity (Wildman–Crippen MR) is 61.2 cm³/mol. The third-order valence-corrected chi connectivity index (χ3v) is 2.37. The number of hydrogen-bond acceptors (Lipinski definition) is 3. The maximum Gasteiger partial charge on any atom is 0.410 e. The molecule has 1 amide bonds. The van der Waals surface area contributed by atoms with Crippen LogP contribution in [0.1, 0.15) is 33.6 Å². The van der Waals surface area contributed by atoms with Gasteiger partial charge in [0.05, 0.1) is 6.04 Å². The number of carbonyl (C=O) groups is 2. The molecule has 1 rings (SSSR count). The molecule has 4 nitrogen and oxygen atoms in total. The predicted octanol–water partition coefficient (Wildman–Crippen LogP) is 2.14. The van der Waals surface area contributed by atoms with E-state index in [-0.39, 0.29) is 17.9 Å². The number of carbonyl (C=O) groups excluding carboxylic acids is 2. The summed E-state index contributed by atoms with van der Waals surface area (Å²) in [6, 6.07) is -0.226. The number of piperidine rings is 1. The lowest BCUT2D eigenvalue weighted by atomic mass is 10.0. The van der Waals surface area contributed by atoms with Crippen molar-refractivity contribution in [3.8, 4) is 0 Å². The zero-order valence-corrected chi connectivity index (χ0v) is 10.2. The first-order chi connectivity index (χ1) is 7.33. The summed E-state index contributed by atoms with van der Waals surface area (Å²) in [4.78, 5) is 24.7. The second-order valence-electron chi connectivity index (χ2n) is 4.97. The maximum atomic E-state index is 11.8. The topological polar surface area (TPSA) is 46.6 Å². The van der Waals surface area contributed by atoms with Crippen molar-refractivity contribution in [1.29, 1.82) is 0 Å². The first-order valence-corrected chi connectivity index (χ1v) is 5.47. The molecule has 0 N–H and O–H groups in total. The lowest BCUT2D eigenvalue weighted by Crippen LogP contribution is -2.47. The number of rotatable bonds is 1. The van der Waals surface area contributed by atoms with Crippen LogP contribution in [0.5, 0.6) is 0 Å². The van der Waals surface area contributed by atoms with Crippen LogP contribution in [0.25, 0.3) is 0 Å². The van der Waals surface area contributed by atoms with Crippen LogP contribution < -0.4 is 0 Å². The van der Waals surface area contributed by atoms with Crippen LogP contribution in [0.3, 0.4) is 0 Å². The van der Waals surface area contributed by atoms with E-state index in [4.69, 9.17) is 4.74 Å². The normalized spacial score (nSPS) is 21.8. The molecule has 0 aromatic heterocycles. The molecule has 0 aromatic carbocycles. The van der Waals surface area contributed by atoms with Gasteiger partial charge >= 0.3 is 6.09 Å². The number of ketones is 1. The van der Waals surface area contributed by atoms with Crippen LogP contribution in [0.15, 0.2) is 12.7 Å². The Kier molecular flexibility index (Phi) is 3.73. The molecule has 1 aliphatic rings. The molecule has 1 aliphatic heterocycles.